The van der Waals surface area contributed by atoms with Gasteiger partial charge >= 0.3 is 5.97 Å². The molecule has 0 aromatic heterocycles. The van der Waals surface area contributed by atoms with Gasteiger partial charge in [0.1, 0.15) is 6.54 Å². The Kier molecular flexibility index (Phi) is 6.97. The first-order chi connectivity index (χ1) is 14.4. The Morgan fingerprint density at radius 2 is 1.63 bits per heavy atom. The van der Waals surface area contributed by atoms with E-state index in [2.05, 4.69) is 5.32 Å². The summed E-state index contributed by atoms with van der Waals surface area (Å²) in [4.78, 5) is 61.7. The van der Waals surface area contributed by atoms with Crippen molar-refractivity contribution in [3.63, 3.8) is 0 Å². The van der Waals surface area contributed by atoms with Crippen LogP contribution in [0.4, 0.5) is 5.69 Å². The van der Waals surface area contributed by atoms with Crippen molar-refractivity contribution in [3.8, 4) is 0 Å². The standard InChI is InChI=1S/C22H26N2O6/c1-2-5-19(26)23-15-10-8-14(9-11-15)18(25)13-30-20(27)12-24-21(28)16-6-3-4-7-17(16)22(24)29/h8-11,16-17H,2-7,12-13H2,1H3,(H,23,26)/t16-,17-/m0/s1. The van der Waals surface area contributed by atoms with Crippen molar-refractivity contribution in [2.45, 2.75) is 45.4 Å². The second-order valence-electron chi connectivity index (χ2n) is 7.72. The molecule has 2 fully saturated rings. The van der Waals surface area contributed by atoms with Gasteiger partial charge in [0.05, 0.1) is 11.8 Å². The molecule has 1 saturated heterocycles. The minimum Gasteiger partial charge on any atom is -0.456 e. The van der Waals surface area contributed by atoms with Crippen LogP contribution in [0.5, 0.6) is 0 Å². The van der Waals surface area contributed by atoms with Crippen molar-refractivity contribution < 1.29 is 28.7 Å². The van der Waals surface area contributed by atoms with Gasteiger partial charge in [0.2, 0.25) is 17.7 Å². The van der Waals surface area contributed by atoms with Crippen LogP contribution in [0.1, 0.15) is 55.8 Å². The second-order valence-corrected chi connectivity index (χ2v) is 7.72. The lowest BCUT2D eigenvalue weighted by Gasteiger charge is -2.19. The summed E-state index contributed by atoms with van der Waals surface area (Å²) in [6, 6.07) is 6.28. The third-order valence-corrected chi connectivity index (χ3v) is 5.55. The zero-order valence-corrected chi connectivity index (χ0v) is 17.0. The predicted octanol–water partition coefficient (Wildman–Crippen LogP) is 2.33. The molecule has 0 spiro atoms. The molecule has 1 aromatic rings. The molecule has 1 N–H and O–H groups in total. The molecule has 0 radical (unpaired) electrons. The summed E-state index contributed by atoms with van der Waals surface area (Å²) < 4.78 is 4.99. The van der Waals surface area contributed by atoms with Crippen LogP contribution in [-0.4, -0.2) is 47.5 Å². The Labute approximate surface area is 174 Å². The summed E-state index contributed by atoms with van der Waals surface area (Å²) in [7, 11) is 0. The molecule has 1 aromatic carbocycles. The van der Waals surface area contributed by atoms with E-state index in [4.69, 9.17) is 4.74 Å². The third kappa shape index (κ3) is 4.93. The molecule has 1 aliphatic carbocycles. The van der Waals surface area contributed by atoms with Crippen molar-refractivity contribution in [3.05, 3.63) is 29.8 Å². The van der Waals surface area contributed by atoms with Crippen molar-refractivity contribution in [2.24, 2.45) is 11.8 Å². The number of nitrogens with one attached hydrogen (secondary N) is 1. The van der Waals surface area contributed by atoms with Gasteiger partial charge in [-0.1, -0.05) is 19.8 Å². The van der Waals surface area contributed by atoms with Gasteiger partial charge in [-0.3, -0.25) is 28.9 Å². The van der Waals surface area contributed by atoms with Gasteiger partial charge in [-0.05, 0) is 43.5 Å². The maximum Gasteiger partial charge on any atom is 0.326 e. The highest BCUT2D eigenvalue weighted by atomic mass is 16.5. The number of nitrogens with zero attached hydrogens (tertiary/aromatic N) is 1. The number of ether oxygens (including phenoxy) is 1. The molecule has 30 heavy (non-hydrogen) atoms. The fourth-order valence-corrected chi connectivity index (χ4v) is 3.98. The van der Waals surface area contributed by atoms with Gasteiger partial charge in [0, 0.05) is 17.7 Å². The van der Waals surface area contributed by atoms with E-state index < -0.39 is 24.9 Å². The van der Waals surface area contributed by atoms with E-state index in [0.29, 0.717) is 30.5 Å². The van der Waals surface area contributed by atoms with Gasteiger partial charge in [-0.25, -0.2) is 0 Å². The number of likely N-dealkylation sites (tertiary alicyclic amines) is 1. The van der Waals surface area contributed by atoms with Gasteiger partial charge in [0.25, 0.3) is 0 Å². The second kappa shape index (κ2) is 9.65. The topological polar surface area (TPSA) is 110 Å². The Morgan fingerprint density at radius 3 is 2.20 bits per heavy atom. The maximum absolute atomic E-state index is 12.4. The number of fused-ring (bicyclic) bond motifs is 1. The molecule has 8 nitrogen and oxygen atoms in total. The van der Waals surface area contributed by atoms with Crippen molar-refractivity contribution in [1.82, 2.24) is 4.90 Å². The molecule has 1 heterocycles. The summed E-state index contributed by atoms with van der Waals surface area (Å²) in [5.74, 6) is -2.57. The SMILES string of the molecule is CCCC(=O)Nc1ccc(C(=O)COC(=O)CN2C(=O)[C@H]3CCCC[C@@H]3C2=O)cc1. The normalized spacial score (nSPS) is 20.6. The van der Waals surface area contributed by atoms with E-state index in [0.717, 1.165) is 24.2 Å². The zero-order valence-electron chi connectivity index (χ0n) is 17.0. The molecule has 160 valence electrons. The summed E-state index contributed by atoms with van der Waals surface area (Å²) >= 11 is 0. The first kappa shape index (κ1) is 21.7. The van der Waals surface area contributed by atoms with Crippen LogP contribution >= 0.6 is 0 Å². The first-order valence-corrected chi connectivity index (χ1v) is 10.3. The number of hydrogen-bond acceptors (Lipinski definition) is 6. The highest BCUT2D eigenvalue weighted by molar-refractivity contribution is 6.07. The summed E-state index contributed by atoms with van der Waals surface area (Å²) in [6.07, 6.45) is 4.33. The number of ketones is 1. The monoisotopic (exact) mass is 414 g/mol. The number of rotatable bonds is 8. The average Bonchev–Trinajstić information content (AvgIpc) is 2.98. The Morgan fingerprint density at radius 1 is 1.03 bits per heavy atom. The number of hydrogen-bond donors (Lipinski definition) is 1. The molecule has 3 amide bonds. The van der Waals surface area contributed by atoms with Crippen LogP contribution in [0.25, 0.3) is 0 Å². The Bertz CT molecular complexity index is 824. The molecule has 0 bridgehead atoms. The number of benzene rings is 1. The van der Waals surface area contributed by atoms with E-state index in [1.807, 2.05) is 6.92 Å². The van der Waals surface area contributed by atoms with Crippen LogP contribution in [-0.2, 0) is 23.9 Å². The number of carbonyl (C=O) groups is 5. The molecule has 8 heteroatoms. The number of carbonyl (C=O) groups excluding carboxylic acids is 5. The minimum absolute atomic E-state index is 0.101. The summed E-state index contributed by atoms with van der Waals surface area (Å²) in [6.45, 7) is 0.967. The first-order valence-electron chi connectivity index (χ1n) is 10.3. The zero-order chi connectivity index (χ0) is 21.7. The van der Waals surface area contributed by atoms with E-state index in [9.17, 15) is 24.0 Å². The van der Waals surface area contributed by atoms with Crippen LogP contribution in [0, 0.1) is 11.8 Å². The van der Waals surface area contributed by atoms with E-state index in [1.165, 1.54) is 12.1 Å². The largest absolute Gasteiger partial charge is 0.456 e. The van der Waals surface area contributed by atoms with Crippen molar-refractivity contribution in [1.29, 1.82) is 0 Å². The molecule has 1 aliphatic heterocycles. The number of imide groups is 1. The van der Waals surface area contributed by atoms with Crippen molar-refractivity contribution in [2.75, 3.05) is 18.5 Å². The number of Topliss-reactive ketones (excluding diaryl/α,β-unsaturated/α-hetero) is 1. The Balaban J connectivity index is 1.48. The molecule has 2 aliphatic rings. The maximum atomic E-state index is 12.4. The van der Waals surface area contributed by atoms with E-state index >= 15 is 0 Å². The van der Waals surface area contributed by atoms with E-state index in [-0.39, 0.29) is 29.6 Å². The Hall–Kier alpha value is -3.03. The van der Waals surface area contributed by atoms with Gasteiger partial charge < -0.3 is 10.1 Å². The lowest BCUT2D eigenvalue weighted by molar-refractivity contribution is -0.152. The van der Waals surface area contributed by atoms with Crippen molar-refractivity contribution >= 4 is 35.2 Å². The average molecular weight is 414 g/mol. The summed E-state index contributed by atoms with van der Waals surface area (Å²) in [5.41, 5.74) is 0.908. The van der Waals surface area contributed by atoms with Gasteiger partial charge in [-0.2, -0.15) is 0 Å². The molecule has 0 unspecified atom stereocenters. The van der Waals surface area contributed by atoms with Crippen LogP contribution in [0.3, 0.4) is 0 Å². The predicted molar refractivity (Wildman–Crippen MR) is 107 cm³/mol. The summed E-state index contributed by atoms with van der Waals surface area (Å²) in [5, 5.41) is 2.72. The van der Waals surface area contributed by atoms with Gasteiger partial charge in [0.15, 0.2) is 12.4 Å². The molecular formula is C22H26N2O6. The lowest BCUT2D eigenvalue weighted by atomic mass is 9.81. The molecule has 3 rings (SSSR count). The highest BCUT2D eigenvalue weighted by Crippen LogP contribution is 2.37. The quantitative estimate of drug-likeness (QED) is 0.397. The highest BCUT2D eigenvalue weighted by Gasteiger charge is 2.48. The fourth-order valence-electron chi connectivity index (χ4n) is 3.98. The third-order valence-electron chi connectivity index (χ3n) is 5.55. The van der Waals surface area contributed by atoms with Crippen LogP contribution in [0.15, 0.2) is 24.3 Å². The number of anilines is 1. The molecule has 1 saturated carbocycles. The lowest BCUT2D eigenvalue weighted by Crippen LogP contribution is -2.37. The fraction of sp³-hybridized carbons (Fsp3) is 0.500. The molecule has 2 atom stereocenters. The number of amides is 3. The van der Waals surface area contributed by atoms with E-state index in [1.54, 1.807) is 12.1 Å². The smallest absolute Gasteiger partial charge is 0.326 e. The van der Waals surface area contributed by atoms with Gasteiger partial charge in [-0.15, -0.1) is 0 Å². The van der Waals surface area contributed by atoms with Crippen LogP contribution in [0.2, 0.25) is 0 Å². The molecular weight excluding hydrogens is 388 g/mol. The van der Waals surface area contributed by atoms with Crippen LogP contribution < -0.4 is 5.32 Å². The minimum atomic E-state index is -0.785. The number of esters is 1.